The molecule has 5 nitrogen and oxygen atoms in total. The number of furan rings is 1. The predicted octanol–water partition coefficient (Wildman–Crippen LogP) is 11.7. The molecule has 0 N–H and O–H groups in total. The summed E-state index contributed by atoms with van der Waals surface area (Å²) in [5.41, 5.74) is 10.0. The molecule has 5 heterocycles. The Bertz CT molecular complexity index is 3140. The van der Waals surface area contributed by atoms with Crippen molar-refractivity contribution in [1.82, 2.24) is 19.5 Å². The standard InChI is InChI=1S/C45H26N4O/c1-3-11-27(12-4-1)29-22-24-47-42-31(29)19-20-32-35(28-13-5-2-6-14-28)25-39(48-43(32)42)49-37-17-9-7-15-33(37)40-30-21-23-46-26-36(30)45-41(44(40)49)34-16-8-10-18-38(34)50-45/h1-26H. The van der Waals surface area contributed by atoms with Gasteiger partial charge in [-0.25, -0.2) is 4.98 Å². The molecule has 0 spiro atoms. The van der Waals surface area contributed by atoms with Gasteiger partial charge in [-0.3, -0.25) is 14.5 Å². The Balaban J connectivity index is 1.36. The highest BCUT2D eigenvalue weighted by atomic mass is 16.3. The highest BCUT2D eigenvalue weighted by molar-refractivity contribution is 6.35. The first-order valence-electron chi connectivity index (χ1n) is 16.8. The Kier molecular flexibility index (Phi) is 5.60. The predicted molar refractivity (Wildman–Crippen MR) is 205 cm³/mol. The van der Waals surface area contributed by atoms with Gasteiger partial charge < -0.3 is 4.42 Å². The Labute approximate surface area is 285 Å². The maximum atomic E-state index is 6.65. The van der Waals surface area contributed by atoms with Crippen molar-refractivity contribution in [3.8, 4) is 28.1 Å². The summed E-state index contributed by atoms with van der Waals surface area (Å²) in [6, 6.07) is 48.9. The number of hydrogen-bond acceptors (Lipinski definition) is 4. The van der Waals surface area contributed by atoms with Gasteiger partial charge in [0, 0.05) is 50.9 Å². The molecule has 0 amide bonds. The fourth-order valence-corrected chi connectivity index (χ4v) is 7.98. The van der Waals surface area contributed by atoms with E-state index in [1.165, 1.54) is 0 Å². The van der Waals surface area contributed by atoms with Crippen LogP contribution in [0, 0.1) is 0 Å². The topological polar surface area (TPSA) is 56.7 Å². The van der Waals surface area contributed by atoms with Gasteiger partial charge in [0.15, 0.2) is 0 Å². The molecule has 0 saturated heterocycles. The van der Waals surface area contributed by atoms with Gasteiger partial charge in [-0.2, -0.15) is 0 Å². The van der Waals surface area contributed by atoms with Crippen LogP contribution < -0.4 is 0 Å². The minimum Gasteiger partial charge on any atom is -0.455 e. The van der Waals surface area contributed by atoms with Crippen molar-refractivity contribution >= 4 is 76.3 Å². The van der Waals surface area contributed by atoms with E-state index in [1.807, 2.05) is 36.8 Å². The minimum absolute atomic E-state index is 0.821. The molecule has 0 saturated carbocycles. The average molecular weight is 639 g/mol. The zero-order valence-electron chi connectivity index (χ0n) is 26.7. The number of rotatable bonds is 3. The summed E-state index contributed by atoms with van der Waals surface area (Å²) in [4.78, 5) is 15.1. The number of para-hydroxylation sites is 2. The molecule has 50 heavy (non-hydrogen) atoms. The van der Waals surface area contributed by atoms with Crippen LogP contribution in [-0.2, 0) is 0 Å². The largest absolute Gasteiger partial charge is 0.455 e. The highest BCUT2D eigenvalue weighted by Gasteiger charge is 2.24. The molecule has 232 valence electrons. The molecule has 5 aromatic heterocycles. The van der Waals surface area contributed by atoms with Crippen LogP contribution in [0.2, 0.25) is 0 Å². The van der Waals surface area contributed by atoms with Crippen molar-refractivity contribution in [2.24, 2.45) is 0 Å². The number of aromatic nitrogens is 4. The summed E-state index contributed by atoms with van der Waals surface area (Å²) in [7, 11) is 0. The van der Waals surface area contributed by atoms with Crippen LogP contribution in [-0.4, -0.2) is 19.5 Å². The number of fused-ring (bicyclic) bond motifs is 13. The summed E-state index contributed by atoms with van der Waals surface area (Å²) < 4.78 is 8.99. The fourth-order valence-electron chi connectivity index (χ4n) is 7.98. The van der Waals surface area contributed by atoms with Gasteiger partial charge in [0.25, 0.3) is 0 Å². The third kappa shape index (κ3) is 3.74. The molecule has 5 heteroatoms. The Morgan fingerprint density at radius 2 is 1.20 bits per heavy atom. The summed E-state index contributed by atoms with van der Waals surface area (Å²) in [5.74, 6) is 0.821. The molecular formula is C45H26N4O. The van der Waals surface area contributed by atoms with Crippen LogP contribution in [0.1, 0.15) is 0 Å². The summed E-state index contributed by atoms with van der Waals surface area (Å²) in [6.45, 7) is 0. The second kappa shape index (κ2) is 10.3. The maximum absolute atomic E-state index is 6.65. The van der Waals surface area contributed by atoms with E-state index in [2.05, 4.69) is 131 Å². The first-order chi connectivity index (χ1) is 24.8. The van der Waals surface area contributed by atoms with E-state index in [9.17, 15) is 0 Å². The number of benzene rings is 6. The van der Waals surface area contributed by atoms with E-state index < -0.39 is 0 Å². The van der Waals surface area contributed by atoms with Gasteiger partial charge in [0.2, 0.25) is 0 Å². The molecule has 0 bridgehead atoms. The van der Waals surface area contributed by atoms with Crippen LogP contribution in [0.25, 0.3) is 104 Å². The monoisotopic (exact) mass is 638 g/mol. The molecular weight excluding hydrogens is 613 g/mol. The molecule has 0 atom stereocenters. The van der Waals surface area contributed by atoms with E-state index in [4.69, 9.17) is 14.4 Å². The van der Waals surface area contributed by atoms with Crippen LogP contribution >= 0.6 is 0 Å². The second-order valence-electron chi connectivity index (χ2n) is 12.8. The smallest absolute Gasteiger partial charge is 0.146 e. The Morgan fingerprint density at radius 3 is 2.02 bits per heavy atom. The number of hydrogen-bond donors (Lipinski definition) is 0. The van der Waals surface area contributed by atoms with Crippen molar-refractivity contribution in [3.05, 3.63) is 158 Å². The van der Waals surface area contributed by atoms with Gasteiger partial charge in [-0.05, 0) is 58.0 Å². The molecule has 0 aliphatic rings. The van der Waals surface area contributed by atoms with Crippen molar-refractivity contribution in [1.29, 1.82) is 0 Å². The van der Waals surface area contributed by atoms with Crippen LogP contribution in [0.4, 0.5) is 0 Å². The van der Waals surface area contributed by atoms with E-state index in [0.717, 1.165) is 104 Å². The van der Waals surface area contributed by atoms with Gasteiger partial charge in [-0.15, -0.1) is 0 Å². The molecule has 0 unspecified atom stereocenters. The van der Waals surface area contributed by atoms with Gasteiger partial charge >= 0.3 is 0 Å². The summed E-state index contributed by atoms with van der Waals surface area (Å²) in [6.07, 6.45) is 5.70. The molecule has 11 aromatic rings. The second-order valence-corrected chi connectivity index (χ2v) is 12.8. The maximum Gasteiger partial charge on any atom is 0.146 e. The lowest BCUT2D eigenvalue weighted by Crippen LogP contribution is -2.01. The van der Waals surface area contributed by atoms with Crippen molar-refractivity contribution in [2.45, 2.75) is 0 Å². The van der Waals surface area contributed by atoms with Crippen molar-refractivity contribution in [3.63, 3.8) is 0 Å². The summed E-state index contributed by atoms with van der Waals surface area (Å²) in [5, 5.41) is 8.64. The number of nitrogens with zero attached hydrogens (tertiary/aromatic N) is 4. The van der Waals surface area contributed by atoms with E-state index >= 15 is 0 Å². The van der Waals surface area contributed by atoms with Crippen LogP contribution in [0.5, 0.6) is 0 Å². The molecule has 6 aromatic carbocycles. The summed E-state index contributed by atoms with van der Waals surface area (Å²) >= 11 is 0. The van der Waals surface area contributed by atoms with Gasteiger partial charge in [0.05, 0.1) is 27.5 Å². The van der Waals surface area contributed by atoms with E-state index in [1.54, 1.807) is 0 Å². The Hall–Kier alpha value is -6.85. The lowest BCUT2D eigenvalue weighted by atomic mass is 9.96. The normalized spacial score (nSPS) is 12.0. The van der Waals surface area contributed by atoms with Gasteiger partial charge in [-0.1, -0.05) is 109 Å². The highest BCUT2D eigenvalue weighted by Crippen LogP contribution is 2.46. The van der Waals surface area contributed by atoms with Crippen molar-refractivity contribution in [2.75, 3.05) is 0 Å². The molecule has 0 radical (unpaired) electrons. The quantitative estimate of drug-likeness (QED) is 0.181. The Morgan fingerprint density at radius 1 is 0.500 bits per heavy atom. The van der Waals surface area contributed by atoms with Crippen LogP contribution in [0.3, 0.4) is 0 Å². The minimum atomic E-state index is 0.821. The SMILES string of the molecule is c1ccc(-c2ccnc3c2ccc2c(-c4ccccc4)cc(-n4c5ccccc5c5c6ccncc6c6oc7ccccc7c6c54)nc23)cc1. The van der Waals surface area contributed by atoms with Gasteiger partial charge in [0.1, 0.15) is 17.0 Å². The molecule has 11 rings (SSSR count). The molecule has 0 fully saturated rings. The van der Waals surface area contributed by atoms with Crippen molar-refractivity contribution < 1.29 is 4.42 Å². The first kappa shape index (κ1) is 27.1. The van der Waals surface area contributed by atoms with E-state index in [-0.39, 0.29) is 0 Å². The third-order valence-electron chi connectivity index (χ3n) is 10.1. The lowest BCUT2D eigenvalue weighted by Gasteiger charge is -2.15. The van der Waals surface area contributed by atoms with Crippen LogP contribution in [0.15, 0.2) is 163 Å². The zero-order chi connectivity index (χ0) is 32.8. The van der Waals surface area contributed by atoms with E-state index in [0.29, 0.717) is 0 Å². The third-order valence-corrected chi connectivity index (χ3v) is 10.1. The number of pyridine rings is 3. The first-order valence-corrected chi connectivity index (χ1v) is 16.8. The fraction of sp³-hybridized carbons (Fsp3) is 0. The molecule has 0 aliphatic heterocycles. The average Bonchev–Trinajstić information content (AvgIpc) is 3.75. The lowest BCUT2D eigenvalue weighted by molar-refractivity contribution is 0.672. The zero-order valence-corrected chi connectivity index (χ0v) is 26.7. The molecule has 0 aliphatic carbocycles.